The Balaban J connectivity index is 0. The molecule has 0 bridgehead atoms. The first-order chi connectivity index (χ1) is 5.90. The summed E-state index contributed by atoms with van der Waals surface area (Å²) in [5.41, 5.74) is 5.17. The number of nitrogens with two attached hydrogens (primary N) is 1. The maximum Gasteiger partial charge on any atom is 0.328 e. The first-order valence-corrected chi connectivity index (χ1v) is 3.74. The van der Waals surface area contributed by atoms with Crippen molar-refractivity contribution in [1.82, 2.24) is 0 Å². The van der Waals surface area contributed by atoms with Crippen molar-refractivity contribution in [1.29, 1.82) is 0 Å². The van der Waals surface area contributed by atoms with Crippen LogP contribution in [0, 0.1) is 5.92 Å². The first kappa shape index (κ1) is 14.2. The maximum absolute atomic E-state index is 9.55. The predicted molar refractivity (Wildman–Crippen MR) is 48.3 cm³/mol. The Morgan fingerprint density at radius 2 is 1.46 bits per heavy atom. The van der Waals surface area contributed by atoms with Gasteiger partial charge in [-0.15, -0.1) is 0 Å². The number of hydrogen-bond acceptors (Lipinski definition) is 3. The Bertz CT molecular complexity index is 171. The van der Waals surface area contributed by atoms with Crippen LogP contribution in [0.3, 0.4) is 0 Å². The van der Waals surface area contributed by atoms with Crippen LogP contribution in [-0.2, 0) is 9.59 Å². The van der Waals surface area contributed by atoms with E-state index < -0.39 is 11.9 Å². The van der Waals surface area contributed by atoms with E-state index in [0.717, 1.165) is 6.54 Å². The third-order valence-corrected chi connectivity index (χ3v) is 0.840. The smallest absolute Gasteiger partial charge is 0.328 e. The summed E-state index contributed by atoms with van der Waals surface area (Å²) in [6.07, 6.45) is 1.12. The lowest BCUT2D eigenvalue weighted by atomic mass is 10.2. The highest BCUT2D eigenvalue weighted by atomic mass is 16.4. The van der Waals surface area contributed by atoms with Crippen LogP contribution >= 0.6 is 0 Å². The van der Waals surface area contributed by atoms with Crippen molar-refractivity contribution in [3.05, 3.63) is 12.2 Å². The van der Waals surface area contributed by atoms with Crippen molar-refractivity contribution < 1.29 is 19.8 Å². The third-order valence-electron chi connectivity index (χ3n) is 0.840. The topological polar surface area (TPSA) is 101 Å². The van der Waals surface area contributed by atoms with Crippen LogP contribution < -0.4 is 5.73 Å². The molecule has 0 aliphatic heterocycles. The lowest BCUT2D eigenvalue weighted by Gasteiger charge is -1.91. The standard InChI is InChI=1S/C4H11N.C4H4O4/c1-4(2)3-5;5-3(6)1-2-4(7)8/h4H,3,5H2,1-2H3;1-2H,(H,5,6)(H,7,8)/b;2-1+. The SMILES string of the molecule is CC(C)CN.O=C(O)/C=C/C(=O)O. The van der Waals surface area contributed by atoms with Crippen molar-refractivity contribution >= 4 is 11.9 Å². The normalized spacial score (nSPS) is 9.54. The summed E-state index contributed by atoms with van der Waals surface area (Å²) < 4.78 is 0. The Hall–Kier alpha value is -1.36. The average Bonchev–Trinajstić information content (AvgIpc) is 2.02. The molecule has 0 aromatic carbocycles. The molecule has 13 heavy (non-hydrogen) atoms. The largest absolute Gasteiger partial charge is 0.478 e. The molecule has 0 heterocycles. The molecular weight excluding hydrogens is 174 g/mol. The van der Waals surface area contributed by atoms with E-state index in [1.807, 2.05) is 0 Å². The highest BCUT2D eigenvalue weighted by Crippen LogP contribution is 1.81. The van der Waals surface area contributed by atoms with Crippen LogP contribution in [0.2, 0.25) is 0 Å². The number of aliphatic carboxylic acids is 2. The monoisotopic (exact) mass is 189 g/mol. The molecule has 0 aromatic rings. The fraction of sp³-hybridized carbons (Fsp3) is 0.500. The Morgan fingerprint density at radius 3 is 1.54 bits per heavy atom. The van der Waals surface area contributed by atoms with E-state index in [4.69, 9.17) is 15.9 Å². The molecule has 76 valence electrons. The van der Waals surface area contributed by atoms with Gasteiger partial charge in [-0.05, 0) is 12.5 Å². The molecule has 0 aliphatic carbocycles. The summed E-state index contributed by atoms with van der Waals surface area (Å²) in [4.78, 5) is 19.1. The molecule has 0 atom stereocenters. The lowest BCUT2D eigenvalue weighted by molar-refractivity contribution is -0.134. The van der Waals surface area contributed by atoms with E-state index in [0.29, 0.717) is 18.1 Å². The third kappa shape index (κ3) is 25.0. The second kappa shape index (κ2) is 8.73. The van der Waals surface area contributed by atoms with Gasteiger partial charge >= 0.3 is 11.9 Å². The molecule has 4 N–H and O–H groups in total. The van der Waals surface area contributed by atoms with Gasteiger partial charge in [-0.1, -0.05) is 13.8 Å². The molecule has 0 amide bonds. The van der Waals surface area contributed by atoms with Gasteiger partial charge in [0.25, 0.3) is 0 Å². The summed E-state index contributed by atoms with van der Waals surface area (Å²) in [6, 6.07) is 0. The van der Waals surface area contributed by atoms with Crippen LogP contribution in [0.1, 0.15) is 13.8 Å². The Kier molecular flexibility index (Phi) is 9.53. The molecule has 0 fully saturated rings. The maximum atomic E-state index is 9.55. The summed E-state index contributed by atoms with van der Waals surface area (Å²) in [5.74, 6) is -1.85. The van der Waals surface area contributed by atoms with Gasteiger partial charge in [0.05, 0.1) is 0 Å². The van der Waals surface area contributed by atoms with E-state index in [2.05, 4.69) is 13.8 Å². The molecule has 0 saturated heterocycles. The van der Waals surface area contributed by atoms with Gasteiger partial charge in [-0.3, -0.25) is 0 Å². The highest BCUT2D eigenvalue weighted by molar-refractivity contribution is 5.89. The minimum absolute atomic E-state index is 0.558. The molecule has 5 nitrogen and oxygen atoms in total. The van der Waals surface area contributed by atoms with E-state index in [9.17, 15) is 9.59 Å². The number of carboxylic acid groups (broad SMARTS) is 2. The zero-order chi connectivity index (χ0) is 10.9. The van der Waals surface area contributed by atoms with Gasteiger partial charge in [-0.25, -0.2) is 9.59 Å². The number of hydrogen-bond donors (Lipinski definition) is 3. The molecule has 5 heteroatoms. The van der Waals surface area contributed by atoms with Crippen LogP contribution in [0.4, 0.5) is 0 Å². The van der Waals surface area contributed by atoms with Crippen LogP contribution in [-0.4, -0.2) is 28.7 Å². The molecule has 0 aromatic heterocycles. The molecular formula is C8H15NO4. The van der Waals surface area contributed by atoms with Gasteiger partial charge in [0.2, 0.25) is 0 Å². The van der Waals surface area contributed by atoms with Gasteiger partial charge < -0.3 is 15.9 Å². The number of carbonyl (C=O) groups is 2. The lowest BCUT2D eigenvalue weighted by Crippen LogP contribution is -2.05. The van der Waals surface area contributed by atoms with E-state index in [-0.39, 0.29) is 0 Å². The minimum atomic E-state index is -1.26. The molecule has 0 rings (SSSR count). The molecule has 0 spiro atoms. The van der Waals surface area contributed by atoms with Gasteiger partial charge in [0.1, 0.15) is 0 Å². The highest BCUT2D eigenvalue weighted by Gasteiger charge is 1.88. The second-order valence-corrected chi connectivity index (χ2v) is 2.64. The second-order valence-electron chi connectivity index (χ2n) is 2.64. The summed E-state index contributed by atoms with van der Waals surface area (Å²) in [6.45, 7) is 5.00. The van der Waals surface area contributed by atoms with E-state index in [1.165, 1.54) is 0 Å². The molecule has 0 unspecified atom stereocenters. The Morgan fingerprint density at radius 1 is 1.23 bits per heavy atom. The van der Waals surface area contributed by atoms with Gasteiger partial charge in [0.15, 0.2) is 0 Å². The quantitative estimate of drug-likeness (QED) is 0.555. The van der Waals surface area contributed by atoms with Gasteiger partial charge in [-0.2, -0.15) is 0 Å². The fourth-order valence-electron chi connectivity index (χ4n) is 0.143. The molecule has 0 saturated carbocycles. The predicted octanol–water partition coefficient (Wildman–Crippen LogP) is 0.313. The van der Waals surface area contributed by atoms with Crippen LogP contribution in [0.15, 0.2) is 12.2 Å². The summed E-state index contributed by atoms with van der Waals surface area (Å²) >= 11 is 0. The first-order valence-electron chi connectivity index (χ1n) is 3.74. The van der Waals surface area contributed by atoms with Crippen molar-refractivity contribution in [3.63, 3.8) is 0 Å². The van der Waals surface area contributed by atoms with Crippen molar-refractivity contribution in [2.45, 2.75) is 13.8 Å². The zero-order valence-corrected chi connectivity index (χ0v) is 7.73. The average molecular weight is 189 g/mol. The Labute approximate surface area is 76.9 Å². The number of rotatable bonds is 3. The minimum Gasteiger partial charge on any atom is -0.478 e. The van der Waals surface area contributed by atoms with Crippen molar-refractivity contribution in [3.8, 4) is 0 Å². The van der Waals surface area contributed by atoms with Crippen LogP contribution in [0.5, 0.6) is 0 Å². The van der Waals surface area contributed by atoms with Crippen molar-refractivity contribution in [2.24, 2.45) is 11.7 Å². The fourth-order valence-corrected chi connectivity index (χ4v) is 0.143. The van der Waals surface area contributed by atoms with E-state index in [1.54, 1.807) is 0 Å². The molecule has 0 aliphatic rings. The van der Waals surface area contributed by atoms with Crippen molar-refractivity contribution in [2.75, 3.05) is 6.54 Å². The zero-order valence-electron chi connectivity index (χ0n) is 7.73. The van der Waals surface area contributed by atoms with Crippen LogP contribution in [0.25, 0.3) is 0 Å². The number of carboxylic acids is 2. The van der Waals surface area contributed by atoms with E-state index >= 15 is 0 Å². The summed E-state index contributed by atoms with van der Waals surface area (Å²) in [5, 5.41) is 15.6. The molecule has 0 radical (unpaired) electrons. The summed E-state index contributed by atoms with van der Waals surface area (Å²) in [7, 11) is 0. The van der Waals surface area contributed by atoms with Gasteiger partial charge in [0, 0.05) is 12.2 Å².